The van der Waals surface area contributed by atoms with Crippen LogP contribution in [0, 0.1) is 0 Å². The molecule has 0 saturated carbocycles. The summed E-state index contributed by atoms with van der Waals surface area (Å²) in [6, 6.07) is 14.8. The Labute approximate surface area is 181 Å². The normalized spacial score (nSPS) is 11.9. The monoisotopic (exact) mass is 476 g/mol. The van der Waals surface area contributed by atoms with Crippen molar-refractivity contribution in [2.45, 2.75) is 19.0 Å². The Hall–Kier alpha value is -1.83. The van der Waals surface area contributed by atoms with Crippen molar-refractivity contribution >= 4 is 60.9 Å². The third-order valence-electron chi connectivity index (χ3n) is 4.37. The van der Waals surface area contributed by atoms with Crippen molar-refractivity contribution in [2.24, 2.45) is 0 Å². The zero-order chi connectivity index (χ0) is 19.9. The molecule has 2 amide bonds. The number of hydrogen-bond acceptors (Lipinski definition) is 4. The Bertz CT molecular complexity index is 974. The van der Waals surface area contributed by atoms with E-state index in [1.54, 1.807) is 35.2 Å². The summed E-state index contributed by atoms with van der Waals surface area (Å²) in [6.45, 7) is 0.448. The number of carbonyl (C=O) groups excluding carboxylic acids is 2. The maximum absolute atomic E-state index is 12.8. The van der Waals surface area contributed by atoms with Crippen molar-refractivity contribution in [3.63, 3.8) is 0 Å². The maximum Gasteiger partial charge on any atom is 0.253 e. The van der Waals surface area contributed by atoms with Crippen LogP contribution in [0.4, 0.5) is 0 Å². The van der Waals surface area contributed by atoms with E-state index in [9.17, 15) is 9.59 Å². The van der Waals surface area contributed by atoms with Crippen LogP contribution in [0.1, 0.15) is 22.3 Å². The fourth-order valence-electron chi connectivity index (χ4n) is 2.86. The number of thiophene rings is 1. The van der Waals surface area contributed by atoms with Gasteiger partial charge in [-0.2, -0.15) is 11.8 Å². The molecule has 3 aromatic rings. The minimum absolute atomic E-state index is 0.162. The van der Waals surface area contributed by atoms with E-state index >= 15 is 0 Å². The van der Waals surface area contributed by atoms with Crippen LogP contribution in [0.15, 0.2) is 58.4 Å². The molecule has 7 heteroatoms. The van der Waals surface area contributed by atoms with Gasteiger partial charge in [0.25, 0.3) is 5.91 Å². The second-order valence-electron chi connectivity index (χ2n) is 6.26. The van der Waals surface area contributed by atoms with E-state index < -0.39 is 6.04 Å². The van der Waals surface area contributed by atoms with Gasteiger partial charge in [0.2, 0.25) is 5.91 Å². The molecule has 1 atom stereocenters. The van der Waals surface area contributed by atoms with Gasteiger partial charge < -0.3 is 10.6 Å². The van der Waals surface area contributed by atoms with Crippen LogP contribution in [0.2, 0.25) is 0 Å². The van der Waals surface area contributed by atoms with Gasteiger partial charge in [-0.3, -0.25) is 9.59 Å². The first-order valence-electron chi connectivity index (χ1n) is 8.87. The summed E-state index contributed by atoms with van der Waals surface area (Å²) >= 11 is 6.71. The minimum Gasteiger partial charge on any atom is -0.350 e. The SMILES string of the molecule is CSCCC(NC(=O)c1ccccc1Br)C(=O)NCc1csc2ccccc12. The zero-order valence-corrected chi connectivity index (χ0v) is 18.6. The summed E-state index contributed by atoms with van der Waals surface area (Å²) in [7, 11) is 0. The molecule has 0 bridgehead atoms. The van der Waals surface area contributed by atoms with Crippen molar-refractivity contribution in [1.29, 1.82) is 0 Å². The molecule has 0 radical (unpaired) electrons. The van der Waals surface area contributed by atoms with Gasteiger partial charge >= 0.3 is 0 Å². The number of rotatable bonds is 8. The average Bonchev–Trinajstić information content (AvgIpc) is 3.12. The topological polar surface area (TPSA) is 58.2 Å². The molecule has 0 fully saturated rings. The van der Waals surface area contributed by atoms with Crippen LogP contribution in [-0.4, -0.2) is 29.9 Å². The fourth-order valence-corrected chi connectivity index (χ4v) is 4.76. The van der Waals surface area contributed by atoms with Gasteiger partial charge in [-0.05, 0) is 68.9 Å². The summed E-state index contributed by atoms with van der Waals surface area (Å²) in [6.07, 6.45) is 2.57. The molecule has 2 aromatic carbocycles. The van der Waals surface area contributed by atoms with E-state index in [2.05, 4.69) is 44.1 Å². The highest BCUT2D eigenvalue weighted by atomic mass is 79.9. The molecule has 1 heterocycles. The van der Waals surface area contributed by atoms with Gasteiger partial charge in [0.1, 0.15) is 6.04 Å². The lowest BCUT2D eigenvalue weighted by Gasteiger charge is -2.18. The van der Waals surface area contributed by atoms with Crippen LogP contribution in [-0.2, 0) is 11.3 Å². The number of halogens is 1. The number of fused-ring (bicyclic) bond motifs is 1. The van der Waals surface area contributed by atoms with Gasteiger partial charge in [0, 0.05) is 15.7 Å². The summed E-state index contributed by atoms with van der Waals surface area (Å²) in [5, 5.41) is 9.10. The highest BCUT2D eigenvalue weighted by molar-refractivity contribution is 9.10. The third kappa shape index (κ3) is 5.16. The lowest BCUT2D eigenvalue weighted by molar-refractivity contribution is -0.123. The highest BCUT2D eigenvalue weighted by Crippen LogP contribution is 2.25. The Kier molecular flexibility index (Phi) is 7.53. The Morgan fingerprint density at radius 1 is 1.14 bits per heavy atom. The molecule has 0 aliphatic heterocycles. The predicted octanol–water partition coefficient (Wildman–Crippen LogP) is 4.83. The van der Waals surface area contributed by atoms with Gasteiger partial charge in [0.05, 0.1) is 5.56 Å². The third-order valence-corrected chi connectivity index (χ3v) is 6.71. The molecule has 146 valence electrons. The van der Waals surface area contributed by atoms with E-state index in [1.807, 2.05) is 30.5 Å². The lowest BCUT2D eigenvalue weighted by Crippen LogP contribution is -2.47. The van der Waals surface area contributed by atoms with E-state index in [1.165, 1.54) is 4.70 Å². The molecule has 28 heavy (non-hydrogen) atoms. The van der Waals surface area contributed by atoms with E-state index in [-0.39, 0.29) is 11.8 Å². The number of thioether (sulfide) groups is 1. The van der Waals surface area contributed by atoms with Crippen LogP contribution < -0.4 is 10.6 Å². The predicted molar refractivity (Wildman–Crippen MR) is 122 cm³/mol. The molecule has 1 unspecified atom stereocenters. The van der Waals surface area contributed by atoms with Crippen molar-refractivity contribution < 1.29 is 9.59 Å². The summed E-state index contributed by atoms with van der Waals surface area (Å²) < 4.78 is 1.91. The Morgan fingerprint density at radius 2 is 1.89 bits per heavy atom. The number of amides is 2. The Balaban J connectivity index is 1.67. The molecular formula is C21H21BrN2O2S2. The molecule has 3 rings (SSSR count). The van der Waals surface area contributed by atoms with Gasteiger partial charge in [-0.15, -0.1) is 11.3 Å². The van der Waals surface area contributed by atoms with Gasteiger partial charge in [0.15, 0.2) is 0 Å². The molecule has 2 N–H and O–H groups in total. The number of nitrogens with one attached hydrogen (secondary N) is 2. The maximum atomic E-state index is 12.8. The molecule has 0 saturated heterocycles. The minimum atomic E-state index is -0.572. The summed E-state index contributed by atoms with van der Waals surface area (Å²) in [5.74, 6) is 0.370. The fraction of sp³-hybridized carbons (Fsp3) is 0.238. The number of carbonyl (C=O) groups is 2. The molecule has 0 aliphatic rings. The molecule has 1 aromatic heterocycles. The highest BCUT2D eigenvalue weighted by Gasteiger charge is 2.22. The van der Waals surface area contributed by atoms with E-state index in [0.717, 1.165) is 16.7 Å². The van der Waals surface area contributed by atoms with Crippen molar-refractivity contribution in [3.8, 4) is 0 Å². The Morgan fingerprint density at radius 3 is 2.68 bits per heavy atom. The van der Waals surface area contributed by atoms with Crippen LogP contribution in [0.3, 0.4) is 0 Å². The quantitative estimate of drug-likeness (QED) is 0.489. The van der Waals surface area contributed by atoms with Crippen molar-refractivity contribution in [2.75, 3.05) is 12.0 Å². The first-order valence-corrected chi connectivity index (χ1v) is 11.9. The summed E-state index contributed by atoms with van der Waals surface area (Å²) in [4.78, 5) is 25.4. The summed E-state index contributed by atoms with van der Waals surface area (Å²) in [5.41, 5.74) is 1.61. The van der Waals surface area contributed by atoms with Crippen molar-refractivity contribution in [1.82, 2.24) is 10.6 Å². The number of hydrogen-bond donors (Lipinski definition) is 2. The lowest BCUT2D eigenvalue weighted by atomic mass is 10.1. The second-order valence-corrected chi connectivity index (χ2v) is 9.01. The van der Waals surface area contributed by atoms with Crippen LogP contribution in [0.25, 0.3) is 10.1 Å². The average molecular weight is 477 g/mol. The zero-order valence-electron chi connectivity index (χ0n) is 15.4. The smallest absolute Gasteiger partial charge is 0.253 e. The van der Waals surface area contributed by atoms with Crippen LogP contribution in [0.5, 0.6) is 0 Å². The van der Waals surface area contributed by atoms with E-state index in [4.69, 9.17) is 0 Å². The van der Waals surface area contributed by atoms with Crippen LogP contribution >= 0.6 is 39.0 Å². The van der Waals surface area contributed by atoms with Crippen molar-refractivity contribution in [3.05, 3.63) is 69.5 Å². The molecule has 0 spiro atoms. The van der Waals surface area contributed by atoms with Gasteiger partial charge in [-0.25, -0.2) is 0 Å². The molecule has 0 aliphatic carbocycles. The van der Waals surface area contributed by atoms with E-state index in [0.29, 0.717) is 23.0 Å². The largest absolute Gasteiger partial charge is 0.350 e. The molecular weight excluding hydrogens is 456 g/mol. The molecule has 4 nitrogen and oxygen atoms in total. The first-order chi connectivity index (χ1) is 13.6. The second kappa shape index (κ2) is 10.1. The first kappa shape index (κ1) is 20.9. The van der Waals surface area contributed by atoms with Gasteiger partial charge in [-0.1, -0.05) is 30.3 Å². The number of benzene rings is 2. The standard InChI is InChI=1S/C21H21BrN2O2S2/c1-27-11-10-18(24-20(25)16-7-2-4-8-17(16)22)21(26)23-12-14-13-28-19-9-5-3-6-15(14)19/h2-9,13,18H,10-12H2,1H3,(H,23,26)(H,24,25).